The number of hydrogen-bond donors (Lipinski definition) is 0. The second kappa shape index (κ2) is 3.85. The molecular weight excluding hydrogens is 205 g/mol. The number of rotatable bonds is 2. The van der Waals surface area contributed by atoms with Gasteiger partial charge in [0, 0.05) is 12.2 Å². The maximum absolute atomic E-state index is 13.5. The van der Waals surface area contributed by atoms with Crippen LogP contribution in [0.5, 0.6) is 0 Å². The quantitative estimate of drug-likeness (QED) is 0.738. The molecule has 0 spiro atoms. The van der Waals surface area contributed by atoms with Crippen molar-refractivity contribution in [1.29, 1.82) is 0 Å². The highest BCUT2D eigenvalue weighted by Crippen LogP contribution is 2.39. The average Bonchev–Trinajstić information content (AvgIpc) is 2.68. The zero-order valence-electron chi connectivity index (χ0n) is 8.05. The summed E-state index contributed by atoms with van der Waals surface area (Å²) in [6.45, 7) is 0.157. The molecule has 15 heavy (non-hydrogen) atoms. The van der Waals surface area contributed by atoms with Gasteiger partial charge in [-0.05, 0) is 12.5 Å². The lowest BCUT2D eigenvalue weighted by molar-refractivity contribution is 0.0371. The molecule has 1 fully saturated rings. The third kappa shape index (κ3) is 1.63. The largest absolute Gasteiger partial charge is 0.380 e. The Hall–Kier alpha value is -1.03. The van der Waals surface area contributed by atoms with Crippen LogP contribution >= 0.6 is 0 Å². The summed E-state index contributed by atoms with van der Waals surface area (Å²) in [5.41, 5.74) is -1.39. The van der Waals surface area contributed by atoms with Crippen LogP contribution < -0.4 is 0 Å². The van der Waals surface area contributed by atoms with E-state index >= 15 is 0 Å². The zero-order valence-corrected chi connectivity index (χ0v) is 8.05. The van der Waals surface area contributed by atoms with Crippen LogP contribution in [0.3, 0.4) is 0 Å². The monoisotopic (exact) mass is 216 g/mol. The molecule has 1 aromatic rings. The lowest BCUT2D eigenvalue weighted by Crippen LogP contribution is -2.35. The van der Waals surface area contributed by atoms with Crippen molar-refractivity contribution in [2.45, 2.75) is 18.3 Å². The van der Waals surface area contributed by atoms with Gasteiger partial charge in [-0.2, -0.15) is 0 Å². The third-order valence-corrected chi connectivity index (χ3v) is 2.88. The Labute approximate surface area is 85.9 Å². The van der Waals surface area contributed by atoms with Gasteiger partial charge in [-0.1, -0.05) is 18.2 Å². The van der Waals surface area contributed by atoms with E-state index in [1.807, 2.05) is 0 Å². The van der Waals surface area contributed by atoms with E-state index in [1.165, 1.54) is 18.2 Å². The van der Waals surface area contributed by atoms with E-state index in [2.05, 4.69) is 0 Å². The molecule has 0 saturated carbocycles. The van der Waals surface area contributed by atoms with Crippen molar-refractivity contribution in [2.75, 3.05) is 13.2 Å². The fourth-order valence-corrected chi connectivity index (χ4v) is 1.95. The lowest BCUT2D eigenvalue weighted by atomic mass is 9.80. The first-order valence-corrected chi connectivity index (χ1v) is 4.78. The van der Waals surface area contributed by atoms with E-state index in [9.17, 15) is 13.2 Å². The van der Waals surface area contributed by atoms with Crippen molar-refractivity contribution in [3.8, 4) is 0 Å². The minimum atomic E-state index is -2.60. The zero-order chi connectivity index (χ0) is 10.9. The first-order valence-electron chi connectivity index (χ1n) is 4.78. The second-order valence-electron chi connectivity index (χ2n) is 3.74. The highest BCUT2D eigenvalue weighted by molar-refractivity contribution is 5.29. The van der Waals surface area contributed by atoms with Gasteiger partial charge in [0.1, 0.15) is 5.82 Å². The van der Waals surface area contributed by atoms with Gasteiger partial charge in [0.05, 0.1) is 12.0 Å². The molecule has 1 nitrogen and oxygen atoms in total. The van der Waals surface area contributed by atoms with Gasteiger partial charge in [-0.25, -0.2) is 13.2 Å². The minimum absolute atomic E-state index is 0.0671. The molecule has 1 atom stereocenters. The molecular formula is C11H11F3O. The minimum Gasteiger partial charge on any atom is -0.380 e. The summed E-state index contributed by atoms with van der Waals surface area (Å²) in [5, 5.41) is 0. The summed E-state index contributed by atoms with van der Waals surface area (Å²) < 4.78 is 44.5. The van der Waals surface area contributed by atoms with E-state index in [-0.39, 0.29) is 25.2 Å². The Morgan fingerprint density at radius 2 is 2.00 bits per heavy atom. The highest BCUT2D eigenvalue weighted by Gasteiger charge is 2.46. The van der Waals surface area contributed by atoms with Crippen LogP contribution in [0.4, 0.5) is 13.2 Å². The van der Waals surface area contributed by atoms with Crippen LogP contribution in [0.1, 0.15) is 12.0 Å². The summed E-state index contributed by atoms with van der Waals surface area (Å²) in [6, 6.07) is 5.68. The van der Waals surface area contributed by atoms with E-state index in [0.717, 1.165) is 0 Å². The molecule has 4 heteroatoms. The van der Waals surface area contributed by atoms with Crippen molar-refractivity contribution < 1.29 is 17.9 Å². The molecule has 1 saturated heterocycles. The van der Waals surface area contributed by atoms with Crippen LogP contribution in [0.15, 0.2) is 24.3 Å². The Morgan fingerprint density at radius 1 is 1.27 bits per heavy atom. The van der Waals surface area contributed by atoms with Gasteiger partial charge in [0.15, 0.2) is 0 Å². The molecule has 1 aromatic carbocycles. The molecule has 0 aromatic heterocycles. The first-order chi connectivity index (χ1) is 7.17. The van der Waals surface area contributed by atoms with Crippen LogP contribution in [-0.4, -0.2) is 19.6 Å². The summed E-state index contributed by atoms with van der Waals surface area (Å²) in [7, 11) is 0. The number of ether oxygens (including phenoxy) is 1. The molecule has 0 bridgehead atoms. The molecule has 1 heterocycles. The SMILES string of the molecule is Fc1ccccc1[C@]1(C(F)F)CCOC1. The molecule has 0 radical (unpaired) electrons. The van der Waals surface area contributed by atoms with Crippen molar-refractivity contribution in [1.82, 2.24) is 0 Å². The lowest BCUT2D eigenvalue weighted by Gasteiger charge is -2.27. The molecule has 0 amide bonds. The molecule has 0 unspecified atom stereocenters. The fourth-order valence-electron chi connectivity index (χ4n) is 1.95. The van der Waals surface area contributed by atoms with Gasteiger partial charge in [0.2, 0.25) is 0 Å². The number of hydrogen-bond acceptors (Lipinski definition) is 1. The maximum Gasteiger partial charge on any atom is 0.250 e. The first kappa shape index (κ1) is 10.5. The summed E-state index contributed by atoms with van der Waals surface area (Å²) in [4.78, 5) is 0. The average molecular weight is 216 g/mol. The highest BCUT2D eigenvalue weighted by atomic mass is 19.3. The van der Waals surface area contributed by atoms with Crippen molar-refractivity contribution in [3.63, 3.8) is 0 Å². The smallest absolute Gasteiger partial charge is 0.250 e. The van der Waals surface area contributed by atoms with Crippen LogP contribution in [0.2, 0.25) is 0 Å². The Kier molecular flexibility index (Phi) is 2.69. The van der Waals surface area contributed by atoms with Crippen LogP contribution in [0.25, 0.3) is 0 Å². The molecule has 0 aliphatic carbocycles. The van der Waals surface area contributed by atoms with Gasteiger partial charge in [0.25, 0.3) is 6.43 Å². The number of halogens is 3. The van der Waals surface area contributed by atoms with E-state index in [4.69, 9.17) is 4.74 Å². The summed E-state index contributed by atoms with van der Waals surface area (Å²) in [5.74, 6) is -0.580. The molecule has 1 aliphatic rings. The van der Waals surface area contributed by atoms with Crippen LogP contribution in [-0.2, 0) is 10.2 Å². The molecule has 82 valence electrons. The van der Waals surface area contributed by atoms with E-state index in [1.54, 1.807) is 6.07 Å². The Bertz CT molecular complexity index is 345. The number of benzene rings is 1. The topological polar surface area (TPSA) is 9.23 Å². The van der Waals surface area contributed by atoms with Gasteiger partial charge < -0.3 is 4.74 Å². The molecule has 2 rings (SSSR count). The summed E-state index contributed by atoms with van der Waals surface area (Å²) >= 11 is 0. The van der Waals surface area contributed by atoms with Gasteiger partial charge in [-0.3, -0.25) is 0 Å². The summed E-state index contributed by atoms with van der Waals surface area (Å²) in [6.07, 6.45) is -2.43. The predicted octanol–water partition coefficient (Wildman–Crippen LogP) is 2.75. The van der Waals surface area contributed by atoms with Crippen LogP contribution in [0, 0.1) is 5.82 Å². The van der Waals surface area contributed by atoms with Crippen molar-refractivity contribution >= 4 is 0 Å². The van der Waals surface area contributed by atoms with Crippen molar-refractivity contribution in [3.05, 3.63) is 35.6 Å². The Balaban J connectivity index is 2.46. The van der Waals surface area contributed by atoms with E-state index in [0.29, 0.717) is 0 Å². The molecule has 0 N–H and O–H groups in total. The maximum atomic E-state index is 13.5. The van der Waals surface area contributed by atoms with Gasteiger partial charge in [-0.15, -0.1) is 0 Å². The normalized spacial score (nSPS) is 26.1. The van der Waals surface area contributed by atoms with Crippen molar-refractivity contribution in [2.24, 2.45) is 0 Å². The predicted molar refractivity (Wildman–Crippen MR) is 49.5 cm³/mol. The second-order valence-corrected chi connectivity index (χ2v) is 3.74. The standard InChI is InChI=1S/C11H11F3O/c12-9-4-2-1-3-8(9)11(10(13)14)5-6-15-7-11/h1-4,10H,5-7H2/t11-/m0/s1. The van der Waals surface area contributed by atoms with Gasteiger partial charge >= 0.3 is 0 Å². The fraction of sp³-hybridized carbons (Fsp3) is 0.455. The Morgan fingerprint density at radius 3 is 2.53 bits per heavy atom. The molecule has 1 aliphatic heterocycles. The number of alkyl halides is 2. The third-order valence-electron chi connectivity index (χ3n) is 2.88. The van der Waals surface area contributed by atoms with E-state index < -0.39 is 17.7 Å².